The van der Waals surface area contributed by atoms with Gasteiger partial charge in [0, 0.05) is 17.8 Å². The maximum absolute atomic E-state index is 11.9. The third kappa shape index (κ3) is 4.60. The van der Waals surface area contributed by atoms with Gasteiger partial charge in [-0.05, 0) is 30.7 Å². The molecule has 1 aromatic carbocycles. The highest BCUT2D eigenvalue weighted by atomic mass is 16.4. The first-order valence-electron chi connectivity index (χ1n) is 6.11. The molecule has 1 aromatic rings. The number of anilines is 1. The predicted molar refractivity (Wildman–Crippen MR) is 73.5 cm³/mol. The molecule has 7 nitrogen and oxygen atoms in total. The number of benzene rings is 1. The van der Waals surface area contributed by atoms with Crippen LogP contribution >= 0.6 is 0 Å². The molecule has 20 heavy (non-hydrogen) atoms. The molecule has 0 aromatic heterocycles. The summed E-state index contributed by atoms with van der Waals surface area (Å²) >= 11 is 0. The maximum atomic E-state index is 11.9. The molecule has 0 spiro atoms. The zero-order valence-electron chi connectivity index (χ0n) is 11.1. The van der Waals surface area contributed by atoms with Crippen molar-refractivity contribution < 1.29 is 19.5 Å². The summed E-state index contributed by atoms with van der Waals surface area (Å²) < 4.78 is 0. The van der Waals surface area contributed by atoms with Gasteiger partial charge in [0.25, 0.3) is 0 Å². The van der Waals surface area contributed by atoms with Gasteiger partial charge in [0.1, 0.15) is 6.54 Å². The first-order chi connectivity index (χ1) is 9.43. The third-order valence-electron chi connectivity index (χ3n) is 2.53. The van der Waals surface area contributed by atoms with E-state index in [1.807, 2.05) is 6.92 Å². The van der Waals surface area contributed by atoms with Crippen LogP contribution in [-0.4, -0.2) is 41.0 Å². The quantitative estimate of drug-likeness (QED) is 0.724. The van der Waals surface area contributed by atoms with E-state index in [1.165, 1.54) is 29.2 Å². The molecule has 0 heterocycles. The zero-order valence-corrected chi connectivity index (χ0v) is 11.1. The molecule has 0 aliphatic heterocycles. The summed E-state index contributed by atoms with van der Waals surface area (Å²) in [5.41, 5.74) is 5.90. The van der Waals surface area contributed by atoms with Gasteiger partial charge in [-0.3, -0.25) is 9.59 Å². The normalized spacial score (nSPS) is 9.85. The van der Waals surface area contributed by atoms with Crippen LogP contribution in [0.15, 0.2) is 24.3 Å². The highest BCUT2D eigenvalue weighted by Gasteiger charge is 2.15. The minimum Gasteiger partial charge on any atom is -0.480 e. The van der Waals surface area contributed by atoms with Crippen LogP contribution in [0.5, 0.6) is 0 Å². The molecule has 0 saturated carbocycles. The monoisotopic (exact) mass is 279 g/mol. The summed E-state index contributed by atoms with van der Waals surface area (Å²) in [6, 6.07) is 5.53. The highest BCUT2D eigenvalue weighted by molar-refractivity contribution is 5.94. The number of nitrogens with two attached hydrogens (primary N) is 1. The van der Waals surface area contributed by atoms with Gasteiger partial charge < -0.3 is 21.1 Å². The molecule has 1 rings (SSSR count). The number of amides is 3. The number of hydrogen-bond acceptors (Lipinski definition) is 3. The number of primary amides is 1. The number of nitrogens with zero attached hydrogens (tertiary/aromatic N) is 1. The van der Waals surface area contributed by atoms with Gasteiger partial charge in [-0.1, -0.05) is 6.92 Å². The lowest BCUT2D eigenvalue weighted by molar-refractivity contribution is -0.137. The Morgan fingerprint density at radius 1 is 1.25 bits per heavy atom. The lowest BCUT2D eigenvalue weighted by atomic mass is 10.2. The van der Waals surface area contributed by atoms with Crippen LogP contribution in [0.1, 0.15) is 23.7 Å². The Balaban J connectivity index is 2.71. The van der Waals surface area contributed by atoms with Gasteiger partial charge in [-0.2, -0.15) is 0 Å². The van der Waals surface area contributed by atoms with Gasteiger partial charge in [-0.25, -0.2) is 4.79 Å². The number of carbonyl (C=O) groups is 3. The molecule has 0 fully saturated rings. The Bertz CT molecular complexity index is 499. The third-order valence-corrected chi connectivity index (χ3v) is 2.53. The Kier molecular flexibility index (Phi) is 5.52. The fourth-order valence-electron chi connectivity index (χ4n) is 1.61. The first kappa shape index (κ1) is 15.5. The van der Waals surface area contributed by atoms with Crippen LogP contribution in [0.4, 0.5) is 10.5 Å². The van der Waals surface area contributed by atoms with E-state index in [9.17, 15) is 14.4 Å². The Labute approximate surface area is 116 Å². The molecule has 0 atom stereocenters. The highest BCUT2D eigenvalue weighted by Crippen LogP contribution is 2.10. The van der Waals surface area contributed by atoms with Crippen molar-refractivity contribution in [3.05, 3.63) is 29.8 Å². The lowest BCUT2D eigenvalue weighted by Gasteiger charge is -2.20. The number of carboxylic acid groups (broad SMARTS) is 1. The van der Waals surface area contributed by atoms with E-state index in [1.54, 1.807) is 0 Å². The minimum absolute atomic E-state index is 0.332. The molecule has 0 aliphatic carbocycles. The molecule has 108 valence electrons. The van der Waals surface area contributed by atoms with E-state index in [-0.39, 0.29) is 6.54 Å². The molecular weight excluding hydrogens is 262 g/mol. The first-order valence-corrected chi connectivity index (χ1v) is 6.11. The number of carbonyl (C=O) groups excluding carboxylic acids is 2. The average molecular weight is 279 g/mol. The fourth-order valence-corrected chi connectivity index (χ4v) is 1.61. The van der Waals surface area contributed by atoms with E-state index >= 15 is 0 Å². The van der Waals surface area contributed by atoms with Crippen molar-refractivity contribution in [1.29, 1.82) is 0 Å². The van der Waals surface area contributed by atoms with Crippen LogP contribution in [0.25, 0.3) is 0 Å². The van der Waals surface area contributed by atoms with Crippen LogP contribution in [0.3, 0.4) is 0 Å². The van der Waals surface area contributed by atoms with Crippen molar-refractivity contribution >= 4 is 23.6 Å². The van der Waals surface area contributed by atoms with Gasteiger partial charge in [-0.15, -0.1) is 0 Å². The van der Waals surface area contributed by atoms with Gasteiger partial charge >= 0.3 is 12.0 Å². The standard InChI is InChI=1S/C13H17N3O4/c1-2-7-16(8-11(17)18)13(20)15-10-5-3-9(4-6-10)12(14)19/h3-6H,2,7-8H2,1H3,(H2,14,19)(H,15,20)(H,17,18). The number of hydrogen-bond donors (Lipinski definition) is 3. The van der Waals surface area contributed by atoms with Crippen molar-refractivity contribution in [2.75, 3.05) is 18.4 Å². The smallest absolute Gasteiger partial charge is 0.323 e. The summed E-state index contributed by atoms with van der Waals surface area (Å²) in [5, 5.41) is 11.3. The molecule has 0 radical (unpaired) electrons. The number of aliphatic carboxylic acids is 1. The molecular formula is C13H17N3O4. The second-order valence-corrected chi connectivity index (χ2v) is 4.19. The van der Waals surface area contributed by atoms with E-state index < -0.39 is 17.9 Å². The van der Waals surface area contributed by atoms with E-state index in [2.05, 4.69) is 5.32 Å². The SMILES string of the molecule is CCCN(CC(=O)O)C(=O)Nc1ccc(C(N)=O)cc1. The van der Waals surface area contributed by atoms with Crippen LogP contribution < -0.4 is 11.1 Å². The fraction of sp³-hybridized carbons (Fsp3) is 0.308. The second kappa shape index (κ2) is 7.13. The van der Waals surface area contributed by atoms with Gasteiger partial charge in [0.15, 0.2) is 0 Å². The van der Waals surface area contributed by atoms with Crippen molar-refractivity contribution in [3.63, 3.8) is 0 Å². The van der Waals surface area contributed by atoms with E-state index in [4.69, 9.17) is 10.8 Å². The minimum atomic E-state index is -1.07. The number of urea groups is 1. The molecule has 4 N–H and O–H groups in total. The molecule has 7 heteroatoms. The lowest BCUT2D eigenvalue weighted by Crippen LogP contribution is -2.39. The van der Waals surface area contributed by atoms with Crippen LogP contribution in [-0.2, 0) is 4.79 Å². The molecule has 0 unspecified atom stereocenters. The Hall–Kier alpha value is -2.57. The van der Waals surface area contributed by atoms with E-state index in [0.29, 0.717) is 24.2 Å². The van der Waals surface area contributed by atoms with Crippen molar-refractivity contribution in [2.45, 2.75) is 13.3 Å². The van der Waals surface area contributed by atoms with Crippen molar-refractivity contribution in [2.24, 2.45) is 5.73 Å². The second-order valence-electron chi connectivity index (χ2n) is 4.19. The average Bonchev–Trinajstić information content (AvgIpc) is 2.38. The summed E-state index contributed by atoms with van der Waals surface area (Å²) in [7, 11) is 0. The van der Waals surface area contributed by atoms with Crippen LogP contribution in [0, 0.1) is 0 Å². The number of carboxylic acids is 1. The largest absolute Gasteiger partial charge is 0.480 e. The van der Waals surface area contributed by atoms with Gasteiger partial charge in [0.2, 0.25) is 5.91 Å². The van der Waals surface area contributed by atoms with E-state index in [0.717, 1.165) is 0 Å². The van der Waals surface area contributed by atoms with Crippen LogP contribution in [0.2, 0.25) is 0 Å². The zero-order chi connectivity index (χ0) is 15.1. The molecule has 0 aliphatic rings. The summed E-state index contributed by atoms with van der Waals surface area (Å²) in [4.78, 5) is 34.7. The summed E-state index contributed by atoms with van der Waals surface area (Å²) in [5.74, 6) is -1.63. The number of nitrogens with one attached hydrogen (secondary N) is 1. The summed E-state index contributed by atoms with van der Waals surface area (Å²) in [6.45, 7) is 1.83. The molecule has 0 bridgehead atoms. The maximum Gasteiger partial charge on any atom is 0.323 e. The number of rotatable bonds is 6. The Morgan fingerprint density at radius 2 is 1.85 bits per heavy atom. The molecule has 0 saturated heterocycles. The topological polar surface area (TPSA) is 113 Å². The van der Waals surface area contributed by atoms with Crippen molar-refractivity contribution in [1.82, 2.24) is 4.90 Å². The summed E-state index contributed by atoms with van der Waals surface area (Å²) in [6.07, 6.45) is 0.654. The van der Waals surface area contributed by atoms with Gasteiger partial charge in [0.05, 0.1) is 0 Å². The molecule has 3 amide bonds. The predicted octanol–water partition coefficient (Wildman–Crippen LogP) is 1.11. The van der Waals surface area contributed by atoms with Crippen molar-refractivity contribution in [3.8, 4) is 0 Å². The Morgan fingerprint density at radius 3 is 2.30 bits per heavy atom.